The summed E-state index contributed by atoms with van der Waals surface area (Å²) in [7, 11) is 0. The normalized spacial score (nSPS) is 18.6. The Kier molecular flexibility index (Phi) is 4.19. The molecule has 0 aromatic carbocycles. The number of hydrogen-bond donors (Lipinski definition) is 0. The zero-order chi connectivity index (χ0) is 17.4. The molecule has 1 fully saturated rings. The van der Waals surface area contributed by atoms with Crippen LogP contribution in [0.25, 0.3) is 0 Å². The zero-order valence-electron chi connectivity index (χ0n) is 15.4. The van der Waals surface area contributed by atoms with Crippen LogP contribution in [-0.2, 0) is 24.9 Å². The first-order valence-electron chi connectivity index (χ1n) is 9.23. The van der Waals surface area contributed by atoms with Gasteiger partial charge in [0, 0.05) is 44.6 Å². The number of hydrogen-bond acceptors (Lipinski definition) is 6. The number of fused-ring (bicyclic) bond motifs is 1. The Bertz CT molecular complexity index is 721. The summed E-state index contributed by atoms with van der Waals surface area (Å²) in [5, 5.41) is 17.6. The van der Waals surface area contributed by atoms with E-state index in [0.717, 1.165) is 68.8 Å². The average molecular weight is 341 g/mol. The van der Waals surface area contributed by atoms with Crippen molar-refractivity contribution in [2.75, 3.05) is 31.1 Å². The predicted octanol–water partition coefficient (Wildman–Crippen LogP) is 1.63. The van der Waals surface area contributed by atoms with Gasteiger partial charge in [-0.15, -0.1) is 15.3 Å². The van der Waals surface area contributed by atoms with Crippen molar-refractivity contribution >= 4 is 5.82 Å². The summed E-state index contributed by atoms with van der Waals surface area (Å²) < 4.78 is 2.29. The van der Waals surface area contributed by atoms with Crippen LogP contribution < -0.4 is 4.90 Å². The maximum atomic E-state index is 4.45. The molecule has 7 nitrogen and oxygen atoms in total. The molecule has 0 N–H and O–H groups in total. The van der Waals surface area contributed by atoms with Gasteiger partial charge in [0.2, 0.25) is 0 Å². The minimum atomic E-state index is 0.0444. The van der Waals surface area contributed by atoms with Crippen LogP contribution in [-0.4, -0.2) is 56.0 Å². The van der Waals surface area contributed by atoms with Crippen LogP contribution in [0.2, 0.25) is 0 Å². The Morgan fingerprint density at radius 1 is 0.920 bits per heavy atom. The monoisotopic (exact) mass is 341 g/mol. The van der Waals surface area contributed by atoms with E-state index in [4.69, 9.17) is 0 Å². The van der Waals surface area contributed by atoms with E-state index in [9.17, 15) is 0 Å². The second-order valence-electron chi connectivity index (χ2n) is 8.08. The van der Waals surface area contributed by atoms with Gasteiger partial charge in [-0.25, -0.2) is 0 Å². The lowest BCUT2D eigenvalue weighted by molar-refractivity contribution is 0.240. The van der Waals surface area contributed by atoms with Crippen molar-refractivity contribution in [2.45, 2.75) is 52.1 Å². The molecule has 25 heavy (non-hydrogen) atoms. The van der Waals surface area contributed by atoms with Gasteiger partial charge >= 0.3 is 0 Å². The lowest BCUT2D eigenvalue weighted by atomic mass is 9.92. The Hall–Kier alpha value is -2.02. The molecule has 0 amide bonds. The van der Waals surface area contributed by atoms with Gasteiger partial charge in [-0.2, -0.15) is 5.10 Å². The van der Waals surface area contributed by atoms with Crippen molar-refractivity contribution in [3.8, 4) is 0 Å². The van der Waals surface area contributed by atoms with E-state index in [-0.39, 0.29) is 5.41 Å². The van der Waals surface area contributed by atoms with Crippen LogP contribution in [0.15, 0.2) is 12.1 Å². The van der Waals surface area contributed by atoms with Gasteiger partial charge < -0.3 is 9.47 Å². The highest BCUT2D eigenvalue weighted by Gasteiger charge is 2.23. The highest BCUT2D eigenvalue weighted by molar-refractivity contribution is 5.38. The first-order valence-corrected chi connectivity index (χ1v) is 9.23. The Morgan fingerprint density at radius 2 is 1.72 bits per heavy atom. The number of nitrogens with zero attached hydrogens (tertiary/aromatic N) is 7. The van der Waals surface area contributed by atoms with Gasteiger partial charge in [0.15, 0.2) is 5.82 Å². The summed E-state index contributed by atoms with van der Waals surface area (Å²) in [6, 6.07) is 4.21. The molecule has 0 radical (unpaired) electrons. The number of anilines is 1. The summed E-state index contributed by atoms with van der Waals surface area (Å²) in [6.45, 7) is 12.5. The molecule has 2 aliphatic heterocycles. The Morgan fingerprint density at radius 3 is 2.40 bits per heavy atom. The number of aromatic nitrogens is 5. The van der Waals surface area contributed by atoms with Gasteiger partial charge in [0.25, 0.3) is 0 Å². The van der Waals surface area contributed by atoms with Crippen LogP contribution in [0.4, 0.5) is 5.82 Å². The van der Waals surface area contributed by atoms with Crippen LogP contribution in [0.5, 0.6) is 0 Å². The third kappa shape index (κ3) is 3.38. The van der Waals surface area contributed by atoms with E-state index in [1.165, 1.54) is 6.42 Å². The van der Waals surface area contributed by atoms with Crippen molar-refractivity contribution in [2.24, 2.45) is 0 Å². The number of piperazine rings is 1. The summed E-state index contributed by atoms with van der Waals surface area (Å²) in [5.41, 5.74) is 1.08. The second kappa shape index (κ2) is 6.37. The molecule has 2 aromatic rings. The fourth-order valence-electron chi connectivity index (χ4n) is 3.56. The van der Waals surface area contributed by atoms with Crippen molar-refractivity contribution in [3.05, 3.63) is 29.5 Å². The second-order valence-corrected chi connectivity index (χ2v) is 8.08. The molecular weight excluding hydrogens is 314 g/mol. The standard InChI is InChI=1S/C18H27N7/c1-18(2,3)14-6-7-15(20-19-14)24-11-9-23(10-12-24)13-17-22-21-16-5-4-8-25(16)17/h6-7H,4-5,8-13H2,1-3H3. The van der Waals surface area contributed by atoms with Gasteiger partial charge in [0.05, 0.1) is 12.2 Å². The maximum Gasteiger partial charge on any atom is 0.151 e. The van der Waals surface area contributed by atoms with Crippen LogP contribution in [0, 0.1) is 0 Å². The Labute approximate surface area is 149 Å². The molecule has 7 heteroatoms. The first-order chi connectivity index (χ1) is 12.0. The molecule has 134 valence electrons. The van der Waals surface area contributed by atoms with Crippen molar-refractivity contribution in [3.63, 3.8) is 0 Å². The molecule has 0 spiro atoms. The lowest BCUT2D eigenvalue weighted by Gasteiger charge is -2.35. The van der Waals surface area contributed by atoms with E-state index in [2.05, 4.69) is 67.7 Å². The van der Waals surface area contributed by atoms with Gasteiger partial charge in [-0.1, -0.05) is 20.8 Å². The molecule has 0 saturated carbocycles. The molecule has 4 heterocycles. The number of aryl methyl sites for hydroxylation is 1. The minimum absolute atomic E-state index is 0.0444. The maximum absolute atomic E-state index is 4.45. The third-order valence-corrected chi connectivity index (χ3v) is 5.17. The molecule has 4 rings (SSSR count). The molecule has 0 bridgehead atoms. The quantitative estimate of drug-likeness (QED) is 0.846. The van der Waals surface area contributed by atoms with Crippen LogP contribution >= 0.6 is 0 Å². The minimum Gasteiger partial charge on any atom is -0.353 e. The van der Waals surface area contributed by atoms with E-state index in [1.807, 2.05) is 0 Å². The summed E-state index contributed by atoms with van der Waals surface area (Å²) >= 11 is 0. The number of rotatable bonds is 3. The third-order valence-electron chi connectivity index (χ3n) is 5.17. The van der Waals surface area contributed by atoms with E-state index >= 15 is 0 Å². The highest BCUT2D eigenvalue weighted by Crippen LogP contribution is 2.22. The molecule has 0 aliphatic carbocycles. The van der Waals surface area contributed by atoms with Crippen molar-refractivity contribution < 1.29 is 0 Å². The largest absolute Gasteiger partial charge is 0.353 e. The van der Waals surface area contributed by atoms with E-state index in [0.29, 0.717) is 0 Å². The lowest BCUT2D eigenvalue weighted by Crippen LogP contribution is -2.46. The zero-order valence-corrected chi connectivity index (χ0v) is 15.4. The van der Waals surface area contributed by atoms with Gasteiger partial charge in [-0.3, -0.25) is 4.90 Å². The van der Waals surface area contributed by atoms with Crippen molar-refractivity contribution in [1.82, 2.24) is 29.9 Å². The summed E-state index contributed by atoms with van der Waals surface area (Å²) in [4.78, 5) is 4.78. The van der Waals surface area contributed by atoms with E-state index < -0.39 is 0 Å². The molecule has 0 atom stereocenters. The molecule has 2 aliphatic rings. The highest BCUT2D eigenvalue weighted by atomic mass is 15.3. The summed E-state index contributed by atoms with van der Waals surface area (Å²) in [6.07, 6.45) is 2.28. The molecule has 1 saturated heterocycles. The van der Waals surface area contributed by atoms with E-state index in [1.54, 1.807) is 0 Å². The molecule has 0 unspecified atom stereocenters. The fraction of sp³-hybridized carbons (Fsp3) is 0.667. The average Bonchev–Trinajstić information content (AvgIpc) is 3.20. The predicted molar refractivity (Wildman–Crippen MR) is 96.6 cm³/mol. The first kappa shape index (κ1) is 16.4. The van der Waals surface area contributed by atoms with Crippen LogP contribution in [0.1, 0.15) is 44.5 Å². The fourth-order valence-corrected chi connectivity index (χ4v) is 3.56. The SMILES string of the molecule is CC(C)(C)c1ccc(N2CCN(Cc3nnc4n3CCC4)CC2)nn1. The smallest absolute Gasteiger partial charge is 0.151 e. The topological polar surface area (TPSA) is 63.0 Å². The molecular formula is C18H27N7. The van der Waals surface area contributed by atoms with Gasteiger partial charge in [0.1, 0.15) is 11.6 Å². The molecule has 2 aromatic heterocycles. The Balaban J connectivity index is 1.35. The van der Waals surface area contributed by atoms with Crippen molar-refractivity contribution in [1.29, 1.82) is 0 Å². The van der Waals surface area contributed by atoms with Gasteiger partial charge in [-0.05, 0) is 18.6 Å². The summed E-state index contributed by atoms with van der Waals surface area (Å²) in [5.74, 6) is 3.26. The van der Waals surface area contributed by atoms with Crippen LogP contribution in [0.3, 0.4) is 0 Å².